The first kappa shape index (κ1) is 13.6. The maximum absolute atomic E-state index is 5.57. The minimum Gasteiger partial charge on any atom is -0.467 e. The SMILES string of the molecule is Cn1ccc(CCNC(c2ccccc2)c2ccco2)n1. The van der Waals surface area contributed by atoms with Crippen molar-refractivity contribution in [3.05, 3.63) is 78.0 Å². The number of hydrogen-bond donors (Lipinski definition) is 1. The molecular weight excluding hydrogens is 262 g/mol. The molecule has 4 heteroatoms. The summed E-state index contributed by atoms with van der Waals surface area (Å²) in [7, 11) is 1.94. The van der Waals surface area contributed by atoms with E-state index in [0.717, 1.165) is 24.4 Å². The van der Waals surface area contributed by atoms with Crippen molar-refractivity contribution in [1.29, 1.82) is 0 Å². The van der Waals surface area contributed by atoms with Crippen LogP contribution in [0.15, 0.2) is 65.4 Å². The molecule has 1 unspecified atom stereocenters. The lowest BCUT2D eigenvalue weighted by molar-refractivity contribution is 0.447. The minimum absolute atomic E-state index is 0.0740. The van der Waals surface area contributed by atoms with Crippen LogP contribution in [0.4, 0.5) is 0 Å². The third-order valence-corrected chi connectivity index (χ3v) is 3.46. The lowest BCUT2D eigenvalue weighted by Crippen LogP contribution is -2.24. The molecule has 0 aliphatic heterocycles. The maximum atomic E-state index is 5.57. The summed E-state index contributed by atoms with van der Waals surface area (Å²) in [4.78, 5) is 0. The summed E-state index contributed by atoms with van der Waals surface area (Å²) in [6.07, 6.45) is 4.58. The highest BCUT2D eigenvalue weighted by Gasteiger charge is 2.15. The van der Waals surface area contributed by atoms with Crippen LogP contribution >= 0.6 is 0 Å². The zero-order chi connectivity index (χ0) is 14.5. The van der Waals surface area contributed by atoms with Crippen molar-refractivity contribution in [2.75, 3.05) is 6.54 Å². The third-order valence-electron chi connectivity index (χ3n) is 3.46. The molecule has 1 N–H and O–H groups in total. The average Bonchev–Trinajstić information content (AvgIpc) is 3.16. The number of benzene rings is 1. The molecule has 4 nitrogen and oxygen atoms in total. The highest BCUT2D eigenvalue weighted by molar-refractivity contribution is 5.26. The van der Waals surface area contributed by atoms with Gasteiger partial charge in [-0.3, -0.25) is 4.68 Å². The Balaban J connectivity index is 1.68. The van der Waals surface area contributed by atoms with E-state index in [1.807, 2.05) is 54.3 Å². The highest BCUT2D eigenvalue weighted by Crippen LogP contribution is 2.22. The van der Waals surface area contributed by atoms with Crippen LogP contribution in [0, 0.1) is 0 Å². The van der Waals surface area contributed by atoms with Crippen molar-refractivity contribution in [1.82, 2.24) is 15.1 Å². The second-order valence-corrected chi connectivity index (χ2v) is 5.04. The van der Waals surface area contributed by atoms with E-state index in [9.17, 15) is 0 Å². The molecule has 0 aliphatic carbocycles. The normalized spacial score (nSPS) is 12.4. The van der Waals surface area contributed by atoms with Crippen molar-refractivity contribution in [2.24, 2.45) is 7.05 Å². The minimum atomic E-state index is 0.0740. The molecule has 2 heterocycles. The van der Waals surface area contributed by atoms with E-state index >= 15 is 0 Å². The molecule has 3 aromatic rings. The lowest BCUT2D eigenvalue weighted by atomic mass is 10.0. The zero-order valence-electron chi connectivity index (χ0n) is 12.1. The fourth-order valence-electron chi connectivity index (χ4n) is 2.42. The average molecular weight is 281 g/mol. The van der Waals surface area contributed by atoms with Crippen molar-refractivity contribution >= 4 is 0 Å². The Hall–Kier alpha value is -2.33. The van der Waals surface area contributed by atoms with E-state index in [2.05, 4.69) is 22.5 Å². The second kappa shape index (κ2) is 6.41. The monoisotopic (exact) mass is 281 g/mol. The Morgan fingerprint density at radius 3 is 2.67 bits per heavy atom. The van der Waals surface area contributed by atoms with Crippen molar-refractivity contribution in [3.63, 3.8) is 0 Å². The van der Waals surface area contributed by atoms with E-state index in [0.29, 0.717) is 0 Å². The molecule has 0 amide bonds. The number of hydrogen-bond acceptors (Lipinski definition) is 3. The summed E-state index contributed by atoms with van der Waals surface area (Å²) in [6.45, 7) is 0.845. The predicted molar refractivity (Wildman–Crippen MR) is 81.9 cm³/mol. The van der Waals surface area contributed by atoms with Gasteiger partial charge in [0.05, 0.1) is 18.0 Å². The molecule has 0 aliphatic rings. The number of furan rings is 1. The van der Waals surface area contributed by atoms with E-state index in [1.54, 1.807) is 6.26 Å². The van der Waals surface area contributed by atoms with Gasteiger partial charge in [-0.05, 0) is 23.8 Å². The van der Waals surface area contributed by atoms with Gasteiger partial charge in [0.2, 0.25) is 0 Å². The Morgan fingerprint density at radius 1 is 1.14 bits per heavy atom. The smallest absolute Gasteiger partial charge is 0.125 e. The van der Waals surface area contributed by atoms with Gasteiger partial charge in [0.25, 0.3) is 0 Å². The van der Waals surface area contributed by atoms with Gasteiger partial charge in [-0.2, -0.15) is 5.10 Å². The van der Waals surface area contributed by atoms with Gasteiger partial charge in [0.1, 0.15) is 5.76 Å². The number of aromatic nitrogens is 2. The predicted octanol–water partition coefficient (Wildman–Crippen LogP) is 2.93. The van der Waals surface area contributed by atoms with Crippen LogP contribution in [-0.4, -0.2) is 16.3 Å². The first-order valence-electron chi connectivity index (χ1n) is 7.13. The van der Waals surface area contributed by atoms with Gasteiger partial charge in [-0.15, -0.1) is 0 Å². The number of aryl methyl sites for hydroxylation is 1. The van der Waals surface area contributed by atoms with E-state index < -0.39 is 0 Å². The Bertz CT molecular complexity index is 658. The molecule has 0 saturated heterocycles. The first-order chi connectivity index (χ1) is 10.3. The van der Waals surface area contributed by atoms with E-state index in [-0.39, 0.29) is 6.04 Å². The molecule has 21 heavy (non-hydrogen) atoms. The molecule has 0 saturated carbocycles. The molecule has 0 bridgehead atoms. The quantitative estimate of drug-likeness (QED) is 0.755. The Labute approximate surface area is 124 Å². The molecule has 0 spiro atoms. The summed E-state index contributed by atoms with van der Waals surface area (Å²) in [5.41, 5.74) is 2.30. The summed E-state index contributed by atoms with van der Waals surface area (Å²) < 4.78 is 7.40. The van der Waals surface area contributed by atoms with E-state index in [1.165, 1.54) is 5.56 Å². The van der Waals surface area contributed by atoms with Gasteiger partial charge in [-0.25, -0.2) is 0 Å². The first-order valence-corrected chi connectivity index (χ1v) is 7.13. The molecule has 3 rings (SSSR count). The van der Waals surface area contributed by atoms with Gasteiger partial charge < -0.3 is 9.73 Å². The summed E-state index contributed by atoms with van der Waals surface area (Å²) in [6, 6.07) is 16.4. The summed E-state index contributed by atoms with van der Waals surface area (Å²) in [5.74, 6) is 0.933. The summed E-state index contributed by atoms with van der Waals surface area (Å²) in [5, 5.41) is 7.95. The highest BCUT2D eigenvalue weighted by atomic mass is 16.3. The molecule has 0 fully saturated rings. The fraction of sp³-hybridized carbons (Fsp3) is 0.235. The van der Waals surface area contributed by atoms with Crippen LogP contribution in [0.1, 0.15) is 23.1 Å². The van der Waals surface area contributed by atoms with Crippen molar-refractivity contribution in [3.8, 4) is 0 Å². The fourth-order valence-corrected chi connectivity index (χ4v) is 2.42. The van der Waals surface area contributed by atoms with Gasteiger partial charge in [-0.1, -0.05) is 30.3 Å². The molecule has 0 radical (unpaired) electrons. The molecule has 1 atom stereocenters. The van der Waals surface area contributed by atoms with Gasteiger partial charge in [0, 0.05) is 26.2 Å². The largest absolute Gasteiger partial charge is 0.467 e. The van der Waals surface area contributed by atoms with E-state index in [4.69, 9.17) is 4.42 Å². The molecular formula is C17H19N3O. The summed E-state index contributed by atoms with van der Waals surface area (Å²) >= 11 is 0. The van der Waals surface area contributed by atoms with Crippen molar-refractivity contribution < 1.29 is 4.42 Å². The third kappa shape index (κ3) is 3.41. The molecule has 108 valence electrons. The zero-order valence-corrected chi connectivity index (χ0v) is 12.1. The van der Waals surface area contributed by atoms with Crippen LogP contribution in [0.25, 0.3) is 0 Å². The van der Waals surface area contributed by atoms with Crippen LogP contribution in [0.2, 0.25) is 0 Å². The second-order valence-electron chi connectivity index (χ2n) is 5.04. The number of nitrogens with one attached hydrogen (secondary N) is 1. The molecule has 2 aromatic heterocycles. The molecule has 1 aromatic carbocycles. The van der Waals surface area contributed by atoms with Crippen molar-refractivity contribution in [2.45, 2.75) is 12.5 Å². The van der Waals surface area contributed by atoms with Crippen LogP contribution in [0.5, 0.6) is 0 Å². The number of rotatable bonds is 6. The standard InChI is InChI=1S/C17H19N3O/c1-20-12-10-15(19-20)9-11-18-17(16-8-5-13-21-16)14-6-3-2-4-7-14/h2-8,10,12-13,17-18H,9,11H2,1H3. The Kier molecular flexibility index (Phi) is 4.17. The topological polar surface area (TPSA) is 43.0 Å². The Morgan fingerprint density at radius 2 is 2.00 bits per heavy atom. The van der Waals surface area contributed by atoms with Gasteiger partial charge >= 0.3 is 0 Å². The maximum Gasteiger partial charge on any atom is 0.125 e. The van der Waals surface area contributed by atoms with Crippen LogP contribution in [0.3, 0.4) is 0 Å². The van der Waals surface area contributed by atoms with Gasteiger partial charge in [0.15, 0.2) is 0 Å². The number of nitrogens with zero attached hydrogens (tertiary/aromatic N) is 2. The lowest BCUT2D eigenvalue weighted by Gasteiger charge is -2.16. The van der Waals surface area contributed by atoms with Crippen LogP contribution in [-0.2, 0) is 13.5 Å². The van der Waals surface area contributed by atoms with Crippen LogP contribution < -0.4 is 5.32 Å².